The Balaban J connectivity index is 1.62. The molecule has 2 saturated heterocycles. The Hall–Kier alpha value is -2.01. The molecule has 0 aliphatic carbocycles. The number of fused-ring (bicyclic) bond motifs is 5. The smallest absolute Gasteiger partial charge is 0.236 e. The molecule has 1 aromatic rings. The molecule has 4 rings (SSSR count). The normalized spacial score (nSPS) is 35.3. The van der Waals surface area contributed by atoms with E-state index in [0.717, 1.165) is 5.56 Å². The maximum absolute atomic E-state index is 12.4. The highest BCUT2D eigenvalue weighted by Crippen LogP contribution is 2.45. The molecule has 3 aliphatic rings. The molecule has 0 radical (unpaired) electrons. The van der Waals surface area contributed by atoms with Crippen LogP contribution in [0, 0.1) is 11.8 Å². The fourth-order valence-corrected chi connectivity index (χ4v) is 3.19. The van der Waals surface area contributed by atoms with Crippen LogP contribution in [0.3, 0.4) is 0 Å². The lowest BCUT2D eigenvalue weighted by molar-refractivity contribution is -0.143. The first kappa shape index (κ1) is 10.9. The lowest BCUT2D eigenvalue weighted by atomic mass is 9.85. The minimum atomic E-state index is -0.315. The molecule has 5 nitrogen and oxygen atoms in total. The molecule has 4 atom stereocenters. The molecule has 0 saturated carbocycles. The fourth-order valence-electron chi connectivity index (χ4n) is 3.19. The predicted octanol–water partition coefficient (Wildman–Crippen LogP) is 0.520. The molecule has 1 aromatic heterocycles. The molecule has 5 heteroatoms. The second-order valence-electron chi connectivity index (χ2n) is 5.12. The Bertz CT molecular complexity index is 554. The number of imide groups is 1. The van der Waals surface area contributed by atoms with Crippen LogP contribution in [0.5, 0.6) is 0 Å². The van der Waals surface area contributed by atoms with Crippen molar-refractivity contribution >= 4 is 11.8 Å². The summed E-state index contributed by atoms with van der Waals surface area (Å²) in [5.74, 6) is -0.846. The number of rotatable bonds is 2. The predicted molar refractivity (Wildman–Crippen MR) is 64.6 cm³/mol. The Morgan fingerprint density at radius 1 is 1.05 bits per heavy atom. The van der Waals surface area contributed by atoms with Gasteiger partial charge < -0.3 is 4.74 Å². The van der Waals surface area contributed by atoms with Gasteiger partial charge in [0.15, 0.2) is 0 Å². The number of pyridine rings is 1. The van der Waals surface area contributed by atoms with Gasteiger partial charge in [0.05, 0.1) is 30.6 Å². The van der Waals surface area contributed by atoms with E-state index in [4.69, 9.17) is 4.74 Å². The summed E-state index contributed by atoms with van der Waals surface area (Å²) in [6.45, 7) is 0.326. The summed E-state index contributed by atoms with van der Waals surface area (Å²) in [6.07, 6.45) is 6.69. The molecule has 3 aliphatic heterocycles. The van der Waals surface area contributed by atoms with Crippen LogP contribution in [-0.2, 0) is 20.9 Å². The van der Waals surface area contributed by atoms with Gasteiger partial charge in [-0.05, 0) is 17.7 Å². The highest BCUT2D eigenvalue weighted by molar-refractivity contribution is 6.06. The minimum Gasteiger partial charge on any atom is -0.365 e. The van der Waals surface area contributed by atoms with E-state index in [9.17, 15) is 9.59 Å². The van der Waals surface area contributed by atoms with E-state index in [2.05, 4.69) is 4.98 Å². The van der Waals surface area contributed by atoms with Gasteiger partial charge in [0.1, 0.15) is 0 Å². The maximum Gasteiger partial charge on any atom is 0.236 e. The topological polar surface area (TPSA) is 59.5 Å². The van der Waals surface area contributed by atoms with Gasteiger partial charge in [-0.25, -0.2) is 0 Å². The van der Waals surface area contributed by atoms with Gasteiger partial charge in [-0.2, -0.15) is 0 Å². The number of carbonyl (C=O) groups is 2. The van der Waals surface area contributed by atoms with Gasteiger partial charge in [-0.3, -0.25) is 19.5 Å². The van der Waals surface area contributed by atoms with Gasteiger partial charge in [-0.1, -0.05) is 12.2 Å². The van der Waals surface area contributed by atoms with Gasteiger partial charge in [0, 0.05) is 12.4 Å². The molecule has 4 unspecified atom stereocenters. The summed E-state index contributed by atoms with van der Waals surface area (Å²) in [5, 5.41) is 0. The Kier molecular flexibility index (Phi) is 2.14. The lowest BCUT2D eigenvalue weighted by Crippen LogP contribution is -2.33. The van der Waals surface area contributed by atoms with Gasteiger partial charge in [0.2, 0.25) is 11.8 Å². The SMILES string of the molecule is O=C1C2C3C=CC(O3)C2C(=O)N1Cc1ccncc1. The summed E-state index contributed by atoms with van der Waals surface area (Å²) in [7, 11) is 0. The molecule has 0 spiro atoms. The standard InChI is InChI=1S/C14H12N2O3/c17-13-11-9-1-2-10(19-9)12(11)14(18)16(13)7-8-3-5-15-6-4-8/h1-6,9-12H,7H2. The van der Waals surface area contributed by atoms with E-state index >= 15 is 0 Å². The van der Waals surface area contributed by atoms with Crippen LogP contribution >= 0.6 is 0 Å². The Labute approximate surface area is 109 Å². The molecular weight excluding hydrogens is 244 g/mol. The minimum absolute atomic E-state index is 0.108. The third kappa shape index (κ3) is 1.42. The maximum atomic E-state index is 12.4. The highest BCUT2D eigenvalue weighted by Gasteiger charge is 2.60. The van der Waals surface area contributed by atoms with Crippen molar-refractivity contribution in [3.8, 4) is 0 Å². The Morgan fingerprint density at radius 3 is 2.21 bits per heavy atom. The summed E-state index contributed by atoms with van der Waals surface area (Å²) in [5.41, 5.74) is 0.915. The van der Waals surface area contributed by atoms with E-state index in [-0.39, 0.29) is 35.9 Å². The van der Waals surface area contributed by atoms with Crippen molar-refractivity contribution in [3.63, 3.8) is 0 Å². The third-order valence-electron chi connectivity index (χ3n) is 4.09. The molecular formula is C14H12N2O3. The summed E-state index contributed by atoms with van der Waals surface area (Å²) >= 11 is 0. The molecule has 2 fully saturated rings. The zero-order valence-electron chi connectivity index (χ0n) is 10.1. The first-order chi connectivity index (χ1) is 9.25. The first-order valence-corrected chi connectivity index (χ1v) is 6.33. The van der Waals surface area contributed by atoms with Crippen molar-refractivity contribution in [1.29, 1.82) is 0 Å². The van der Waals surface area contributed by atoms with Crippen LogP contribution in [0.15, 0.2) is 36.7 Å². The monoisotopic (exact) mass is 256 g/mol. The molecule has 4 heterocycles. The number of ether oxygens (including phenoxy) is 1. The molecule has 0 N–H and O–H groups in total. The van der Waals surface area contributed by atoms with Gasteiger partial charge in [-0.15, -0.1) is 0 Å². The van der Waals surface area contributed by atoms with Crippen molar-refractivity contribution < 1.29 is 14.3 Å². The number of amides is 2. The molecule has 96 valence electrons. The number of hydrogen-bond donors (Lipinski definition) is 0. The van der Waals surface area contributed by atoms with E-state index in [1.807, 2.05) is 24.3 Å². The van der Waals surface area contributed by atoms with Crippen molar-refractivity contribution in [2.24, 2.45) is 11.8 Å². The molecule has 2 bridgehead atoms. The van der Waals surface area contributed by atoms with E-state index < -0.39 is 0 Å². The second kappa shape index (κ2) is 3.74. The highest BCUT2D eigenvalue weighted by atomic mass is 16.5. The zero-order valence-corrected chi connectivity index (χ0v) is 10.1. The largest absolute Gasteiger partial charge is 0.365 e. The van der Waals surface area contributed by atoms with Crippen LogP contribution in [0.25, 0.3) is 0 Å². The average molecular weight is 256 g/mol. The summed E-state index contributed by atoms with van der Waals surface area (Å²) in [4.78, 5) is 30.0. The number of aromatic nitrogens is 1. The summed E-state index contributed by atoms with van der Waals surface area (Å²) in [6, 6.07) is 3.63. The number of likely N-dealkylation sites (tertiary alicyclic amines) is 1. The third-order valence-corrected chi connectivity index (χ3v) is 4.09. The number of hydrogen-bond acceptors (Lipinski definition) is 4. The lowest BCUT2D eigenvalue weighted by Gasteiger charge is -2.17. The second-order valence-corrected chi connectivity index (χ2v) is 5.12. The van der Waals surface area contributed by atoms with E-state index in [1.165, 1.54) is 4.90 Å². The van der Waals surface area contributed by atoms with Crippen LogP contribution in [-0.4, -0.2) is 33.9 Å². The first-order valence-electron chi connectivity index (χ1n) is 6.33. The van der Waals surface area contributed by atoms with Crippen LogP contribution in [0.2, 0.25) is 0 Å². The van der Waals surface area contributed by atoms with E-state index in [0.29, 0.717) is 6.54 Å². The summed E-state index contributed by atoms with van der Waals surface area (Å²) < 4.78 is 5.59. The zero-order chi connectivity index (χ0) is 13.0. The van der Waals surface area contributed by atoms with Crippen molar-refractivity contribution in [2.75, 3.05) is 0 Å². The van der Waals surface area contributed by atoms with Gasteiger partial charge >= 0.3 is 0 Å². The van der Waals surface area contributed by atoms with Crippen molar-refractivity contribution in [1.82, 2.24) is 9.88 Å². The molecule has 0 aromatic carbocycles. The fraction of sp³-hybridized carbons (Fsp3) is 0.357. The van der Waals surface area contributed by atoms with Gasteiger partial charge in [0.25, 0.3) is 0 Å². The van der Waals surface area contributed by atoms with Crippen LogP contribution in [0.4, 0.5) is 0 Å². The Morgan fingerprint density at radius 2 is 1.63 bits per heavy atom. The quantitative estimate of drug-likeness (QED) is 0.572. The average Bonchev–Trinajstić information content (AvgIpc) is 3.10. The van der Waals surface area contributed by atoms with Crippen LogP contribution in [0.1, 0.15) is 5.56 Å². The van der Waals surface area contributed by atoms with Crippen LogP contribution < -0.4 is 0 Å². The number of nitrogens with zero attached hydrogens (tertiary/aromatic N) is 2. The van der Waals surface area contributed by atoms with Crippen molar-refractivity contribution in [2.45, 2.75) is 18.8 Å². The molecule has 19 heavy (non-hydrogen) atoms. The molecule has 2 amide bonds. The number of carbonyl (C=O) groups excluding carboxylic acids is 2. The van der Waals surface area contributed by atoms with Crippen molar-refractivity contribution in [3.05, 3.63) is 42.2 Å². The van der Waals surface area contributed by atoms with E-state index in [1.54, 1.807) is 12.4 Å².